The van der Waals surface area contributed by atoms with E-state index >= 15 is 0 Å². The lowest BCUT2D eigenvalue weighted by Gasteiger charge is -2.06. The van der Waals surface area contributed by atoms with Crippen LogP contribution in [0.25, 0.3) is 0 Å². The summed E-state index contributed by atoms with van der Waals surface area (Å²) in [5.41, 5.74) is 1.60. The van der Waals surface area contributed by atoms with Crippen molar-refractivity contribution in [3.05, 3.63) is 59.1 Å². The average Bonchev–Trinajstić information content (AvgIpc) is 2.40. The third kappa shape index (κ3) is 3.45. The second-order valence-electron chi connectivity index (χ2n) is 3.61. The van der Waals surface area contributed by atoms with Crippen molar-refractivity contribution in [3.63, 3.8) is 0 Å². The van der Waals surface area contributed by atoms with Gasteiger partial charge in [-0.25, -0.2) is 4.79 Å². The van der Waals surface area contributed by atoms with Gasteiger partial charge in [-0.1, -0.05) is 23.7 Å². The van der Waals surface area contributed by atoms with E-state index in [0.717, 1.165) is 11.3 Å². The molecule has 2 rings (SSSR count). The van der Waals surface area contributed by atoms with Crippen molar-refractivity contribution in [3.8, 4) is 5.75 Å². The summed E-state index contributed by atoms with van der Waals surface area (Å²) in [6, 6.07) is 14.4. The van der Waals surface area contributed by atoms with Gasteiger partial charge in [-0.15, -0.1) is 0 Å². The minimum absolute atomic E-state index is 0.466. The SMILES string of the molecule is O=C=Nc1ccc(OCc2ccc(Cl)cc2)cc1. The average molecular weight is 260 g/mol. The highest BCUT2D eigenvalue weighted by molar-refractivity contribution is 6.30. The molecule has 90 valence electrons. The summed E-state index contributed by atoms with van der Waals surface area (Å²) in [6.45, 7) is 0.466. The Morgan fingerprint density at radius 3 is 2.33 bits per heavy atom. The Kier molecular flexibility index (Phi) is 4.13. The van der Waals surface area contributed by atoms with Gasteiger partial charge in [0.2, 0.25) is 6.08 Å². The largest absolute Gasteiger partial charge is 0.489 e. The predicted octanol–water partition coefficient (Wildman–Crippen LogP) is 3.89. The van der Waals surface area contributed by atoms with Crippen molar-refractivity contribution in [2.75, 3.05) is 0 Å². The highest BCUT2D eigenvalue weighted by atomic mass is 35.5. The van der Waals surface area contributed by atoms with Crippen LogP contribution in [0.15, 0.2) is 53.5 Å². The van der Waals surface area contributed by atoms with Gasteiger partial charge in [-0.2, -0.15) is 4.99 Å². The number of rotatable bonds is 4. The van der Waals surface area contributed by atoms with Gasteiger partial charge in [0.25, 0.3) is 0 Å². The molecule has 0 spiro atoms. The number of aliphatic imine (C=N–C) groups is 1. The number of hydrogen-bond acceptors (Lipinski definition) is 3. The molecule has 0 N–H and O–H groups in total. The molecule has 0 aromatic heterocycles. The molecule has 0 heterocycles. The minimum Gasteiger partial charge on any atom is -0.489 e. The van der Waals surface area contributed by atoms with Gasteiger partial charge < -0.3 is 4.74 Å². The smallest absolute Gasteiger partial charge is 0.240 e. The number of ether oxygens (including phenoxy) is 1. The van der Waals surface area contributed by atoms with E-state index in [9.17, 15) is 4.79 Å². The molecule has 0 aliphatic carbocycles. The number of nitrogens with zero attached hydrogens (tertiary/aromatic N) is 1. The van der Waals surface area contributed by atoms with Crippen molar-refractivity contribution in [1.82, 2.24) is 0 Å². The van der Waals surface area contributed by atoms with E-state index in [4.69, 9.17) is 16.3 Å². The van der Waals surface area contributed by atoms with Crippen LogP contribution >= 0.6 is 11.6 Å². The van der Waals surface area contributed by atoms with Gasteiger partial charge in [-0.3, -0.25) is 0 Å². The molecule has 3 nitrogen and oxygen atoms in total. The molecule has 18 heavy (non-hydrogen) atoms. The van der Waals surface area contributed by atoms with E-state index in [2.05, 4.69) is 4.99 Å². The molecule has 0 bridgehead atoms. The second-order valence-corrected chi connectivity index (χ2v) is 4.05. The van der Waals surface area contributed by atoms with E-state index in [1.807, 2.05) is 24.3 Å². The van der Waals surface area contributed by atoms with Crippen LogP contribution in [0.1, 0.15) is 5.56 Å². The number of carbonyl (C=O) groups excluding carboxylic acids is 1. The lowest BCUT2D eigenvalue weighted by atomic mass is 10.2. The number of benzene rings is 2. The molecule has 0 saturated heterocycles. The molecule has 2 aromatic rings. The Labute approximate surface area is 110 Å². The first-order valence-corrected chi connectivity index (χ1v) is 5.71. The van der Waals surface area contributed by atoms with E-state index in [-0.39, 0.29) is 0 Å². The molecule has 0 radical (unpaired) electrons. The molecule has 2 aromatic carbocycles. The van der Waals surface area contributed by atoms with Crippen LogP contribution in [0, 0.1) is 0 Å². The third-order valence-electron chi connectivity index (χ3n) is 2.33. The first kappa shape index (κ1) is 12.4. The highest BCUT2D eigenvalue weighted by Crippen LogP contribution is 2.19. The maximum atomic E-state index is 10.1. The molecular weight excluding hydrogens is 250 g/mol. The fraction of sp³-hybridized carbons (Fsp3) is 0.0714. The fourth-order valence-electron chi connectivity index (χ4n) is 1.42. The lowest BCUT2D eigenvalue weighted by Crippen LogP contribution is -1.94. The van der Waals surface area contributed by atoms with Gasteiger partial charge in [0.15, 0.2) is 0 Å². The van der Waals surface area contributed by atoms with Crippen molar-refractivity contribution < 1.29 is 9.53 Å². The van der Waals surface area contributed by atoms with Gasteiger partial charge in [0.1, 0.15) is 12.4 Å². The van der Waals surface area contributed by atoms with Crippen LogP contribution in [0.4, 0.5) is 5.69 Å². The maximum absolute atomic E-state index is 10.1. The summed E-state index contributed by atoms with van der Waals surface area (Å²) < 4.78 is 5.58. The second kappa shape index (κ2) is 6.01. The molecule has 0 atom stereocenters. The van der Waals surface area contributed by atoms with Gasteiger partial charge in [0, 0.05) is 5.02 Å². The van der Waals surface area contributed by atoms with Crippen LogP contribution in [0.3, 0.4) is 0 Å². The van der Waals surface area contributed by atoms with Gasteiger partial charge in [-0.05, 0) is 42.0 Å². The van der Waals surface area contributed by atoms with Crippen molar-refractivity contribution in [2.45, 2.75) is 6.61 Å². The standard InChI is InChI=1S/C14H10ClNO2/c15-12-3-1-11(2-4-12)9-18-14-7-5-13(6-8-14)16-10-17/h1-8H,9H2. The van der Waals surface area contributed by atoms with Crippen LogP contribution in [-0.2, 0) is 11.4 Å². The molecule has 0 unspecified atom stereocenters. The molecule has 4 heteroatoms. The molecule has 0 aliphatic rings. The zero-order chi connectivity index (χ0) is 12.8. The topological polar surface area (TPSA) is 38.7 Å². The van der Waals surface area contributed by atoms with Crippen LogP contribution in [-0.4, -0.2) is 6.08 Å². The molecule has 0 aliphatic heterocycles. The van der Waals surface area contributed by atoms with Crippen LogP contribution in [0.5, 0.6) is 5.75 Å². The Morgan fingerprint density at radius 2 is 1.72 bits per heavy atom. The Morgan fingerprint density at radius 1 is 1.06 bits per heavy atom. The number of isocyanates is 1. The van der Waals surface area contributed by atoms with E-state index in [0.29, 0.717) is 17.3 Å². The molecular formula is C14H10ClNO2. The normalized spacial score (nSPS) is 9.61. The first-order valence-electron chi connectivity index (χ1n) is 5.33. The van der Waals surface area contributed by atoms with Crippen LogP contribution in [0.2, 0.25) is 5.02 Å². The first-order chi connectivity index (χ1) is 8.78. The van der Waals surface area contributed by atoms with Crippen molar-refractivity contribution in [1.29, 1.82) is 0 Å². The van der Waals surface area contributed by atoms with E-state index in [1.54, 1.807) is 24.3 Å². The minimum atomic E-state index is 0.466. The summed E-state index contributed by atoms with van der Waals surface area (Å²) in [7, 11) is 0. The summed E-state index contributed by atoms with van der Waals surface area (Å²) >= 11 is 5.79. The van der Waals surface area contributed by atoms with E-state index < -0.39 is 0 Å². The zero-order valence-electron chi connectivity index (χ0n) is 9.47. The quantitative estimate of drug-likeness (QED) is 0.617. The zero-order valence-corrected chi connectivity index (χ0v) is 10.2. The van der Waals surface area contributed by atoms with Crippen molar-refractivity contribution in [2.24, 2.45) is 4.99 Å². The van der Waals surface area contributed by atoms with Crippen molar-refractivity contribution >= 4 is 23.4 Å². The predicted molar refractivity (Wildman–Crippen MR) is 70.0 cm³/mol. The summed E-state index contributed by atoms with van der Waals surface area (Å²) in [6.07, 6.45) is 1.49. The van der Waals surface area contributed by atoms with Crippen LogP contribution < -0.4 is 4.74 Å². The maximum Gasteiger partial charge on any atom is 0.240 e. The summed E-state index contributed by atoms with van der Waals surface area (Å²) in [5, 5.41) is 0.704. The number of halogens is 1. The summed E-state index contributed by atoms with van der Waals surface area (Å²) in [4.78, 5) is 13.6. The summed E-state index contributed by atoms with van der Waals surface area (Å²) in [5.74, 6) is 0.717. The monoisotopic (exact) mass is 259 g/mol. The van der Waals surface area contributed by atoms with Gasteiger partial charge >= 0.3 is 0 Å². The molecule has 0 fully saturated rings. The van der Waals surface area contributed by atoms with Gasteiger partial charge in [0.05, 0.1) is 5.69 Å². The fourth-order valence-corrected chi connectivity index (χ4v) is 1.54. The Bertz CT molecular complexity index is 557. The highest BCUT2D eigenvalue weighted by Gasteiger charge is 1.97. The number of hydrogen-bond donors (Lipinski definition) is 0. The lowest BCUT2D eigenvalue weighted by molar-refractivity contribution is 0.306. The molecule has 0 saturated carbocycles. The molecule has 0 amide bonds. The Hall–Kier alpha value is -2.09. The third-order valence-corrected chi connectivity index (χ3v) is 2.58. The Balaban J connectivity index is 1.97. The van der Waals surface area contributed by atoms with E-state index in [1.165, 1.54) is 6.08 Å².